The molecular weight excluding hydrogens is 424 g/mol. The number of hydrogen-bond acceptors (Lipinski definition) is 8. The predicted molar refractivity (Wildman–Crippen MR) is 122 cm³/mol. The van der Waals surface area contributed by atoms with Gasteiger partial charge in [0, 0.05) is 24.8 Å². The molecule has 4 aromatic rings. The zero-order valence-electron chi connectivity index (χ0n) is 19.5. The molecule has 1 aromatic carbocycles. The molecule has 11 nitrogen and oxygen atoms in total. The third-order valence-corrected chi connectivity index (χ3v) is 5.63. The van der Waals surface area contributed by atoms with Crippen LogP contribution in [0.15, 0.2) is 18.2 Å². The highest BCUT2D eigenvalue weighted by atomic mass is 16.5. The van der Waals surface area contributed by atoms with Crippen LogP contribution in [0.5, 0.6) is 11.6 Å². The average molecular weight is 451 g/mol. The molecule has 0 atom stereocenters. The van der Waals surface area contributed by atoms with Crippen molar-refractivity contribution < 1.29 is 14.3 Å². The van der Waals surface area contributed by atoms with Crippen molar-refractivity contribution in [2.24, 2.45) is 7.05 Å². The van der Waals surface area contributed by atoms with Crippen LogP contribution in [0.2, 0.25) is 0 Å². The Kier molecular flexibility index (Phi) is 5.95. The van der Waals surface area contributed by atoms with Crippen molar-refractivity contribution in [1.82, 2.24) is 35.0 Å². The van der Waals surface area contributed by atoms with Crippen molar-refractivity contribution in [3.63, 3.8) is 0 Å². The van der Waals surface area contributed by atoms with Gasteiger partial charge >= 0.3 is 0 Å². The van der Waals surface area contributed by atoms with Crippen LogP contribution in [-0.2, 0) is 18.3 Å². The number of benzene rings is 1. The fourth-order valence-electron chi connectivity index (χ4n) is 3.96. The maximum atomic E-state index is 12.8. The SMILES string of the molecule is COc1ccc(NC(=O)CCc2c(C)nc3c(c(OC)nn3C)c2C)cc1-n1nnnc1C. The highest BCUT2D eigenvalue weighted by Crippen LogP contribution is 2.31. The number of hydrogen-bond donors (Lipinski definition) is 1. The molecule has 3 heterocycles. The van der Waals surface area contributed by atoms with Gasteiger partial charge in [0.1, 0.15) is 11.4 Å². The molecule has 11 heteroatoms. The summed E-state index contributed by atoms with van der Waals surface area (Å²) in [6.45, 7) is 5.75. The Labute approximate surface area is 190 Å². The first kappa shape index (κ1) is 22.2. The van der Waals surface area contributed by atoms with Crippen molar-refractivity contribution in [1.29, 1.82) is 0 Å². The Bertz CT molecular complexity index is 1340. The van der Waals surface area contributed by atoms with Gasteiger partial charge in [-0.1, -0.05) is 0 Å². The fraction of sp³-hybridized carbons (Fsp3) is 0.364. The summed E-state index contributed by atoms with van der Waals surface area (Å²) in [7, 11) is 5.00. The number of anilines is 1. The number of nitrogens with one attached hydrogen (secondary N) is 1. The summed E-state index contributed by atoms with van der Waals surface area (Å²) in [4.78, 5) is 17.5. The second kappa shape index (κ2) is 8.85. The molecule has 0 aliphatic carbocycles. The maximum Gasteiger partial charge on any atom is 0.242 e. The molecule has 1 amide bonds. The molecule has 1 N–H and O–H groups in total. The van der Waals surface area contributed by atoms with Gasteiger partial charge in [-0.05, 0) is 66.9 Å². The van der Waals surface area contributed by atoms with E-state index in [9.17, 15) is 4.79 Å². The zero-order valence-corrected chi connectivity index (χ0v) is 19.5. The van der Waals surface area contributed by atoms with Gasteiger partial charge in [0.25, 0.3) is 0 Å². The summed E-state index contributed by atoms with van der Waals surface area (Å²) in [6.07, 6.45) is 0.836. The van der Waals surface area contributed by atoms with E-state index in [0.29, 0.717) is 41.7 Å². The average Bonchev–Trinajstić information content (AvgIpc) is 3.36. The summed E-state index contributed by atoms with van der Waals surface area (Å²) in [6, 6.07) is 5.34. The Balaban J connectivity index is 1.54. The molecule has 0 spiro atoms. The van der Waals surface area contributed by atoms with Gasteiger partial charge in [0.15, 0.2) is 11.5 Å². The number of fused-ring (bicyclic) bond motifs is 1. The lowest BCUT2D eigenvalue weighted by Gasteiger charge is -2.13. The molecule has 0 saturated heterocycles. The zero-order chi connectivity index (χ0) is 23.7. The Hall–Kier alpha value is -4.02. The molecule has 0 saturated carbocycles. The molecular formula is C22H26N8O3. The Morgan fingerprint density at radius 1 is 1.15 bits per heavy atom. The van der Waals surface area contributed by atoms with Crippen LogP contribution in [0.3, 0.4) is 0 Å². The lowest BCUT2D eigenvalue weighted by Crippen LogP contribution is -2.14. The van der Waals surface area contributed by atoms with E-state index in [1.54, 1.807) is 48.7 Å². The number of aryl methyl sites for hydroxylation is 4. The first-order valence-electron chi connectivity index (χ1n) is 10.4. The number of tetrazole rings is 1. The van der Waals surface area contributed by atoms with Gasteiger partial charge < -0.3 is 14.8 Å². The second-order valence-corrected chi connectivity index (χ2v) is 7.70. The quantitative estimate of drug-likeness (QED) is 0.456. The standard InChI is InChI=1S/C22H26N8O3/c1-12-16(13(2)23-21-20(12)22(33-6)26-29(21)4)8-10-19(31)24-15-7-9-18(32-5)17(11-15)30-14(3)25-27-28-30/h7,9,11H,8,10H2,1-6H3,(H,24,31). The number of aromatic nitrogens is 7. The summed E-state index contributed by atoms with van der Waals surface area (Å²) in [5.74, 6) is 1.62. The van der Waals surface area contributed by atoms with Crippen LogP contribution in [0.4, 0.5) is 5.69 Å². The molecule has 172 valence electrons. The minimum Gasteiger partial charge on any atom is -0.494 e. The Morgan fingerprint density at radius 3 is 2.61 bits per heavy atom. The van der Waals surface area contributed by atoms with Gasteiger partial charge in [0.2, 0.25) is 11.8 Å². The normalized spacial score (nSPS) is 11.1. The lowest BCUT2D eigenvalue weighted by molar-refractivity contribution is -0.116. The highest BCUT2D eigenvalue weighted by Gasteiger charge is 2.19. The second-order valence-electron chi connectivity index (χ2n) is 7.70. The topological polar surface area (TPSA) is 122 Å². The minimum absolute atomic E-state index is 0.114. The fourth-order valence-corrected chi connectivity index (χ4v) is 3.96. The maximum absolute atomic E-state index is 12.8. The molecule has 0 fully saturated rings. The van der Waals surface area contributed by atoms with E-state index in [4.69, 9.17) is 9.47 Å². The molecule has 0 radical (unpaired) electrons. The summed E-state index contributed by atoms with van der Waals surface area (Å²) in [5.41, 5.74) is 4.95. The van der Waals surface area contributed by atoms with Crippen LogP contribution in [0.25, 0.3) is 16.7 Å². The third kappa shape index (κ3) is 4.09. The van der Waals surface area contributed by atoms with Gasteiger partial charge in [-0.3, -0.25) is 4.79 Å². The van der Waals surface area contributed by atoms with Crippen LogP contribution in [0.1, 0.15) is 29.1 Å². The van der Waals surface area contributed by atoms with Gasteiger partial charge in [-0.15, -0.1) is 10.2 Å². The first-order chi connectivity index (χ1) is 15.8. The number of pyridine rings is 1. The number of amides is 1. The van der Waals surface area contributed by atoms with Crippen molar-refractivity contribution in [3.05, 3.63) is 40.8 Å². The largest absolute Gasteiger partial charge is 0.494 e. The van der Waals surface area contributed by atoms with E-state index in [-0.39, 0.29) is 5.91 Å². The summed E-state index contributed by atoms with van der Waals surface area (Å²) in [5, 5.41) is 19.8. The van der Waals surface area contributed by atoms with Crippen molar-refractivity contribution in [2.75, 3.05) is 19.5 Å². The number of rotatable bonds is 7. The molecule has 0 aliphatic rings. The van der Waals surface area contributed by atoms with Crippen molar-refractivity contribution in [2.45, 2.75) is 33.6 Å². The number of nitrogens with zero attached hydrogens (tertiary/aromatic N) is 7. The summed E-state index contributed by atoms with van der Waals surface area (Å²) < 4.78 is 14.1. The Morgan fingerprint density at radius 2 is 1.94 bits per heavy atom. The third-order valence-electron chi connectivity index (χ3n) is 5.63. The van der Waals surface area contributed by atoms with Crippen LogP contribution < -0.4 is 14.8 Å². The van der Waals surface area contributed by atoms with E-state index < -0.39 is 0 Å². The molecule has 33 heavy (non-hydrogen) atoms. The number of carbonyl (C=O) groups excluding carboxylic acids is 1. The van der Waals surface area contributed by atoms with Gasteiger partial charge in [-0.2, -0.15) is 4.68 Å². The molecule has 0 bridgehead atoms. The number of ether oxygens (including phenoxy) is 2. The van der Waals surface area contributed by atoms with E-state index >= 15 is 0 Å². The molecule has 0 unspecified atom stereocenters. The minimum atomic E-state index is -0.114. The smallest absolute Gasteiger partial charge is 0.242 e. The van der Waals surface area contributed by atoms with Crippen molar-refractivity contribution in [3.8, 4) is 17.3 Å². The van der Waals surface area contributed by atoms with E-state index in [0.717, 1.165) is 27.9 Å². The van der Waals surface area contributed by atoms with Crippen LogP contribution >= 0.6 is 0 Å². The van der Waals surface area contributed by atoms with Crippen LogP contribution in [0, 0.1) is 20.8 Å². The van der Waals surface area contributed by atoms with E-state index in [2.05, 4.69) is 30.9 Å². The van der Waals surface area contributed by atoms with E-state index in [1.165, 1.54) is 0 Å². The predicted octanol–water partition coefficient (Wildman–Crippen LogP) is 2.46. The van der Waals surface area contributed by atoms with E-state index in [1.807, 2.05) is 20.9 Å². The molecule has 3 aromatic heterocycles. The van der Waals surface area contributed by atoms with Gasteiger partial charge in [-0.25, -0.2) is 9.67 Å². The highest BCUT2D eigenvalue weighted by molar-refractivity contribution is 5.92. The molecule has 0 aliphatic heterocycles. The number of carbonyl (C=O) groups is 1. The van der Waals surface area contributed by atoms with Gasteiger partial charge in [0.05, 0.1) is 19.6 Å². The van der Waals surface area contributed by atoms with Crippen LogP contribution in [-0.4, -0.2) is 55.1 Å². The lowest BCUT2D eigenvalue weighted by atomic mass is 10.00. The first-order valence-corrected chi connectivity index (χ1v) is 10.4. The number of methoxy groups -OCH3 is 2. The monoisotopic (exact) mass is 450 g/mol. The summed E-state index contributed by atoms with van der Waals surface area (Å²) >= 11 is 0. The molecule has 4 rings (SSSR count). The van der Waals surface area contributed by atoms with Crippen molar-refractivity contribution >= 4 is 22.6 Å².